The number of nitrogens with zero attached hydrogens (tertiary/aromatic N) is 1. The number of aliphatic imine (C=N–C) groups is 1. The SMILES string of the molecule is CCCCN=C(NN)Nc1cc(Cl)c(F)c(Cl)c1. The average molecular weight is 293 g/mol. The third-order valence-electron chi connectivity index (χ3n) is 2.16. The van der Waals surface area contributed by atoms with Gasteiger partial charge in [0.25, 0.3) is 0 Å². The van der Waals surface area contributed by atoms with Crippen LogP contribution in [0.2, 0.25) is 10.0 Å². The topological polar surface area (TPSA) is 62.4 Å². The number of guanidine groups is 1. The van der Waals surface area contributed by atoms with Crippen LogP contribution in [-0.2, 0) is 0 Å². The van der Waals surface area contributed by atoms with Crippen molar-refractivity contribution in [2.75, 3.05) is 11.9 Å². The normalized spacial score (nSPS) is 11.5. The van der Waals surface area contributed by atoms with E-state index in [1.165, 1.54) is 12.1 Å². The van der Waals surface area contributed by atoms with Gasteiger partial charge in [0.15, 0.2) is 5.82 Å². The number of nitrogens with two attached hydrogens (primary N) is 1. The molecule has 0 aliphatic carbocycles. The molecule has 0 fully saturated rings. The fourth-order valence-corrected chi connectivity index (χ4v) is 1.72. The molecule has 1 aromatic rings. The molecule has 7 heteroatoms. The minimum atomic E-state index is -0.644. The van der Waals surface area contributed by atoms with E-state index in [1.807, 2.05) is 0 Å². The summed E-state index contributed by atoms with van der Waals surface area (Å²) in [5.74, 6) is 5.06. The smallest absolute Gasteiger partial charge is 0.210 e. The molecular formula is C11H15Cl2FN4. The Morgan fingerprint density at radius 1 is 1.39 bits per heavy atom. The van der Waals surface area contributed by atoms with Gasteiger partial charge in [-0.25, -0.2) is 10.2 Å². The first-order valence-electron chi connectivity index (χ1n) is 5.51. The number of hydrogen-bond donors (Lipinski definition) is 3. The number of hydrazine groups is 1. The molecule has 0 spiro atoms. The van der Waals surface area contributed by atoms with Crippen molar-refractivity contribution >= 4 is 34.8 Å². The molecule has 0 aliphatic rings. The van der Waals surface area contributed by atoms with Gasteiger partial charge in [-0.3, -0.25) is 10.4 Å². The van der Waals surface area contributed by atoms with Gasteiger partial charge in [0.1, 0.15) is 0 Å². The van der Waals surface area contributed by atoms with Gasteiger partial charge in [0.2, 0.25) is 5.96 Å². The molecule has 0 aliphatic heterocycles. The minimum absolute atomic E-state index is 0.0603. The third-order valence-corrected chi connectivity index (χ3v) is 2.71. The van der Waals surface area contributed by atoms with Crippen LogP contribution in [-0.4, -0.2) is 12.5 Å². The van der Waals surface area contributed by atoms with Crippen LogP contribution in [0.3, 0.4) is 0 Å². The second-order valence-electron chi connectivity index (χ2n) is 3.61. The zero-order chi connectivity index (χ0) is 13.5. The van der Waals surface area contributed by atoms with Gasteiger partial charge in [-0.05, 0) is 18.6 Å². The van der Waals surface area contributed by atoms with E-state index in [0.717, 1.165) is 12.8 Å². The predicted molar refractivity (Wildman–Crippen MR) is 74.6 cm³/mol. The lowest BCUT2D eigenvalue weighted by atomic mass is 10.3. The molecule has 0 heterocycles. The maximum atomic E-state index is 13.2. The van der Waals surface area contributed by atoms with Crippen LogP contribution in [0.5, 0.6) is 0 Å². The fraction of sp³-hybridized carbons (Fsp3) is 0.364. The molecule has 0 bridgehead atoms. The quantitative estimate of drug-likeness (QED) is 0.199. The molecule has 0 atom stereocenters. The number of benzene rings is 1. The molecule has 0 unspecified atom stereocenters. The average Bonchev–Trinajstić information content (AvgIpc) is 2.34. The number of anilines is 1. The summed E-state index contributed by atoms with van der Waals surface area (Å²) in [6.45, 7) is 2.71. The molecule has 0 saturated heterocycles. The van der Waals surface area contributed by atoms with Crippen molar-refractivity contribution in [1.82, 2.24) is 5.43 Å². The van der Waals surface area contributed by atoms with Crippen LogP contribution in [0.4, 0.5) is 10.1 Å². The predicted octanol–water partition coefficient (Wildman–Crippen LogP) is 3.16. The summed E-state index contributed by atoms with van der Waals surface area (Å²) >= 11 is 11.4. The molecule has 0 saturated carbocycles. The molecule has 0 amide bonds. The summed E-state index contributed by atoms with van der Waals surface area (Å²) in [6.07, 6.45) is 1.99. The monoisotopic (exact) mass is 292 g/mol. The lowest BCUT2D eigenvalue weighted by molar-refractivity contribution is 0.629. The molecular weight excluding hydrogens is 278 g/mol. The molecule has 4 nitrogen and oxygen atoms in total. The first-order chi connectivity index (χ1) is 8.58. The van der Waals surface area contributed by atoms with Crippen molar-refractivity contribution in [2.45, 2.75) is 19.8 Å². The van der Waals surface area contributed by atoms with Crippen LogP contribution in [0.25, 0.3) is 0 Å². The van der Waals surface area contributed by atoms with E-state index in [2.05, 4.69) is 22.7 Å². The lowest BCUT2D eigenvalue weighted by Crippen LogP contribution is -2.36. The number of nitrogens with one attached hydrogen (secondary N) is 2. The highest BCUT2D eigenvalue weighted by Crippen LogP contribution is 2.27. The summed E-state index contributed by atoms with van der Waals surface area (Å²) in [6, 6.07) is 2.82. The van der Waals surface area contributed by atoms with Gasteiger partial charge in [-0.15, -0.1) is 0 Å². The van der Waals surface area contributed by atoms with Crippen LogP contribution in [0, 0.1) is 5.82 Å². The van der Waals surface area contributed by atoms with Gasteiger partial charge >= 0.3 is 0 Å². The lowest BCUT2D eigenvalue weighted by Gasteiger charge is -2.10. The third kappa shape index (κ3) is 4.33. The maximum absolute atomic E-state index is 13.2. The summed E-state index contributed by atoms with van der Waals surface area (Å²) < 4.78 is 13.2. The summed E-state index contributed by atoms with van der Waals surface area (Å²) in [4.78, 5) is 4.20. The first kappa shape index (κ1) is 15.0. The largest absolute Gasteiger partial charge is 0.325 e. The van der Waals surface area contributed by atoms with Crippen molar-refractivity contribution in [3.63, 3.8) is 0 Å². The van der Waals surface area contributed by atoms with Gasteiger partial charge < -0.3 is 5.32 Å². The van der Waals surface area contributed by atoms with E-state index < -0.39 is 5.82 Å². The highest BCUT2D eigenvalue weighted by atomic mass is 35.5. The molecule has 1 rings (SSSR count). The van der Waals surface area contributed by atoms with Crippen LogP contribution < -0.4 is 16.6 Å². The van der Waals surface area contributed by atoms with E-state index in [4.69, 9.17) is 29.0 Å². The molecule has 1 aromatic carbocycles. The minimum Gasteiger partial charge on any atom is -0.325 e. The Balaban J connectivity index is 2.79. The van der Waals surface area contributed by atoms with Crippen LogP contribution in [0.1, 0.15) is 19.8 Å². The second kappa shape index (κ2) is 7.41. The Bertz CT molecular complexity index is 414. The highest BCUT2D eigenvalue weighted by Gasteiger charge is 2.08. The van der Waals surface area contributed by atoms with Crippen molar-refractivity contribution in [2.24, 2.45) is 10.8 Å². The molecule has 0 radical (unpaired) electrons. The van der Waals surface area contributed by atoms with Gasteiger partial charge in [-0.2, -0.15) is 0 Å². The Morgan fingerprint density at radius 2 is 2.00 bits per heavy atom. The zero-order valence-electron chi connectivity index (χ0n) is 9.93. The highest BCUT2D eigenvalue weighted by molar-refractivity contribution is 6.35. The van der Waals surface area contributed by atoms with E-state index >= 15 is 0 Å². The van der Waals surface area contributed by atoms with Gasteiger partial charge in [-0.1, -0.05) is 36.5 Å². The molecule has 18 heavy (non-hydrogen) atoms. The summed E-state index contributed by atoms with van der Waals surface area (Å²) in [7, 11) is 0. The molecule has 0 aromatic heterocycles. The number of halogens is 3. The molecule has 100 valence electrons. The second-order valence-corrected chi connectivity index (χ2v) is 4.42. The summed E-state index contributed by atoms with van der Waals surface area (Å²) in [5.41, 5.74) is 2.94. The standard InChI is InChI=1S/C11H15Cl2FN4/c1-2-3-4-16-11(18-15)17-7-5-8(12)10(14)9(13)6-7/h5-6H,2-4,15H2,1H3,(H2,16,17,18). The van der Waals surface area contributed by atoms with E-state index in [0.29, 0.717) is 18.2 Å². The zero-order valence-corrected chi connectivity index (χ0v) is 11.4. The number of hydrogen-bond acceptors (Lipinski definition) is 2. The maximum Gasteiger partial charge on any atom is 0.210 e. The van der Waals surface area contributed by atoms with Crippen LogP contribution >= 0.6 is 23.2 Å². The van der Waals surface area contributed by atoms with Crippen molar-refractivity contribution < 1.29 is 4.39 Å². The Kier molecular flexibility index (Phi) is 6.18. The Morgan fingerprint density at radius 3 is 2.50 bits per heavy atom. The van der Waals surface area contributed by atoms with Crippen molar-refractivity contribution in [3.05, 3.63) is 28.0 Å². The fourth-order valence-electron chi connectivity index (χ4n) is 1.23. The number of unbranched alkanes of at least 4 members (excludes halogenated alkanes) is 1. The summed E-state index contributed by atoms with van der Waals surface area (Å²) in [5, 5.41) is 2.75. The molecule has 4 N–H and O–H groups in total. The van der Waals surface area contributed by atoms with Gasteiger partial charge in [0, 0.05) is 12.2 Å². The number of rotatable bonds is 4. The van der Waals surface area contributed by atoms with Crippen molar-refractivity contribution in [1.29, 1.82) is 0 Å². The van der Waals surface area contributed by atoms with E-state index in [1.54, 1.807) is 0 Å². The first-order valence-corrected chi connectivity index (χ1v) is 6.26. The van der Waals surface area contributed by atoms with Gasteiger partial charge in [0.05, 0.1) is 10.0 Å². The Hall–Kier alpha value is -1.04. The van der Waals surface area contributed by atoms with E-state index in [-0.39, 0.29) is 10.0 Å². The van der Waals surface area contributed by atoms with Crippen LogP contribution in [0.15, 0.2) is 17.1 Å². The Labute approximate surface area is 115 Å². The van der Waals surface area contributed by atoms with Crippen molar-refractivity contribution in [3.8, 4) is 0 Å². The van der Waals surface area contributed by atoms with E-state index in [9.17, 15) is 4.39 Å².